The molecular formula is C4H8N4O3. The minimum Gasteiger partial charge on any atom is -0.411 e. The van der Waals surface area contributed by atoms with E-state index in [9.17, 15) is 0 Å². The Hall–Kier alpha value is -1.79. The van der Waals surface area contributed by atoms with E-state index < -0.39 is 5.84 Å². The summed E-state index contributed by atoms with van der Waals surface area (Å²) in [7, 11) is 0. The zero-order valence-corrected chi connectivity index (χ0v) is 5.76. The Morgan fingerprint density at radius 1 is 1.09 bits per heavy atom. The third-order valence-electron chi connectivity index (χ3n) is 0.943. The SMILES string of the molecule is CC(=N\O)/C(=N\O)C(/N)=N/O. The summed E-state index contributed by atoms with van der Waals surface area (Å²) in [6, 6.07) is 0. The van der Waals surface area contributed by atoms with Crippen LogP contribution in [-0.2, 0) is 0 Å². The Bertz CT molecular complexity index is 199. The predicted octanol–water partition coefficient (Wildman–Crippen LogP) is -0.587. The van der Waals surface area contributed by atoms with E-state index in [1.807, 2.05) is 0 Å². The van der Waals surface area contributed by atoms with Crippen molar-refractivity contribution in [3.05, 3.63) is 0 Å². The number of hydrogen-bond donors (Lipinski definition) is 4. The molecule has 0 bridgehead atoms. The lowest BCUT2D eigenvalue weighted by molar-refractivity contribution is 0.311. The Kier molecular flexibility index (Phi) is 3.43. The molecule has 0 unspecified atom stereocenters. The average Bonchev–Trinajstić information content (AvgIpc) is 2.05. The quantitative estimate of drug-likeness (QED) is 0.186. The second-order valence-electron chi connectivity index (χ2n) is 1.62. The van der Waals surface area contributed by atoms with Gasteiger partial charge in [0.2, 0.25) is 0 Å². The zero-order chi connectivity index (χ0) is 8.85. The van der Waals surface area contributed by atoms with Crippen molar-refractivity contribution >= 4 is 17.3 Å². The normalized spacial score (nSPS) is 15.2. The van der Waals surface area contributed by atoms with Gasteiger partial charge in [-0.25, -0.2) is 0 Å². The largest absolute Gasteiger partial charge is 0.411 e. The highest BCUT2D eigenvalue weighted by Gasteiger charge is 2.10. The number of hydrogen-bond acceptors (Lipinski definition) is 6. The third-order valence-corrected chi connectivity index (χ3v) is 0.943. The highest BCUT2D eigenvalue weighted by molar-refractivity contribution is 6.67. The lowest BCUT2D eigenvalue weighted by atomic mass is 10.2. The number of nitrogens with zero attached hydrogens (tertiary/aromatic N) is 3. The van der Waals surface area contributed by atoms with E-state index in [4.69, 9.17) is 21.4 Å². The predicted molar refractivity (Wildman–Crippen MR) is 37.5 cm³/mol. The smallest absolute Gasteiger partial charge is 0.194 e. The van der Waals surface area contributed by atoms with Crippen LogP contribution < -0.4 is 5.73 Å². The van der Waals surface area contributed by atoms with E-state index in [0.29, 0.717) is 0 Å². The van der Waals surface area contributed by atoms with Gasteiger partial charge in [0.05, 0.1) is 0 Å². The fourth-order valence-electron chi connectivity index (χ4n) is 0.404. The van der Waals surface area contributed by atoms with Gasteiger partial charge in [-0.1, -0.05) is 15.5 Å². The fraction of sp³-hybridized carbons (Fsp3) is 0.250. The Labute approximate surface area is 62.1 Å². The van der Waals surface area contributed by atoms with Crippen LogP contribution in [0.3, 0.4) is 0 Å². The molecule has 0 saturated heterocycles. The number of amidine groups is 1. The molecule has 11 heavy (non-hydrogen) atoms. The molecule has 0 saturated carbocycles. The molecular weight excluding hydrogens is 152 g/mol. The maximum atomic E-state index is 8.25. The number of nitrogens with two attached hydrogens (primary N) is 1. The van der Waals surface area contributed by atoms with Crippen molar-refractivity contribution in [1.29, 1.82) is 0 Å². The minimum atomic E-state index is -0.428. The molecule has 62 valence electrons. The highest BCUT2D eigenvalue weighted by atomic mass is 16.4. The second kappa shape index (κ2) is 4.09. The molecule has 0 aliphatic carbocycles. The van der Waals surface area contributed by atoms with Gasteiger partial charge < -0.3 is 21.4 Å². The van der Waals surface area contributed by atoms with E-state index >= 15 is 0 Å². The molecule has 0 amide bonds. The van der Waals surface area contributed by atoms with Crippen molar-refractivity contribution in [3.8, 4) is 0 Å². The van der Waals surface area contributed by atoms with Crippen LogP contribution >= 0.6 is 0 Å². The first-order valence-corrected chi connectivity index (χ1v) is 2.56. The van der Waals surface area contributed by atoms with E-state index in [0.717, 1.165) is 0 Å². The molecule has 0 aliphatic heterocycles. The molecule has 0 aromatic heterocycles. The zero-order valence-electron chi connectivity index (χ0n) is 5.76. The Morgan fingerprint density at radius 3 is 1.91 bits per heavy atom. The monoisotopic (exact) mass is 160 g/mol. The summed E-state index contributed by atoms with van der Waals surface area (Å²) in [6.07, 6.45) is 0. The van der Waals surface area contributed by atoms with Gasteiger partial charge in [-0.2, -0.15) is 0 Å². The van der Waals surface area contributed by atoms with Crippen molar-refractivity contribution < 1.29 is 15.6 Å². The maximum Gasteiger partial charge on any atom is 0.194 e. The van der Waals surface area contributed by atoms with Crippen LogP contribution in [0.15, 0.2) is 15.5 Å². The van der Waals surface area contributed by atoms with Gasteiger partial charge in [0.1, 0.15) is 5.71 Å². The van der Waals surface area contributed by atoms with Crippen LogP contribution in [0.4, 0.5) is 0 Å². The molecule has 7 heteroatoms. The molecule has 0 rings (SSSR count). The molecule has 0 heterocycles. The van der Waals surface area contributed by atoms with Crippen molar-refractivity contribution in [2.24, 2.45) is 21.2 Å². The van der Waals surface area contributed by atoms with Gasteiger partial charge in [-0.3, -0.25) is 0 Å². The van der Waals surface area contributed by atoms with Gasteiger partial charge in [-0.05, 0) is 6.92 Å². The molecule has 0 atom stereocenters. The molecule has 0 aliphatic rings. The van der Waals surface area contributed by atoms with Gasteiger partial charge in [0, 0.05) is 0 Å². The van der Waals surface area contributed by atoms with Crippen LogP contribution in [0.1, 0.15) is 6.92 Å². The lowest BCUT2D eigenvalue weighted by Crippen LogP contribution is -2.29. The van der Waals surface area contributed by atoms with Crippen LogP contribution in [0.25, 0.3) is 0 Å². The van der Waals surface area contributed by atoms with Crippen LogP contribution in [0.5, 0.6) is 0 Å². The Morgan fingerprint density at radius 2 is 1.64 bits per heavy atom. The molecule has 7 nitrogen and oxygen atoms in total. The molecule has 0 fully saturated rings. The highest BCUT2D eigenvalue weighted by Crippen LogP contribution is 1.83. The Balaban J connectivity index is 4.72. The van der Waals surface area contributed by atoms with Crippen molar-refractivity contribution in [3.63, 3.8) is 0 Å². The third kappa shape index (κ3) is 2.12. The second-order valence-corrected chi connectivity index (χ2v) is 1.62. The summed E-state index contributed by atoms with van der Waals surface area (Å²) in [4.78, 5) is 0. The summed E-state index contributed by atoms with van der Waals surface area (Å²) < 4.78 is 0. The molecule has 0 spiro atoms. The number of oxime groups is 3. The number of rotatable bonds is 2. The standard InChI is InChI=1S/C4H8N4O3/c1-2(6-9)3(7-10)4(5)8-11/h9-11H,1H3,(H2,5,8)/b6-2+,7-3+. The molecule has 0 aromatic carbocycles. The average molecular weight is 160 g/mol. The topological polar surface area (TPSA) is 124 Å². The van der Waals surface area contributed by atoms with Gasteiger partial charge >= 0.3 is 0 Å². The summed E-state index contributed by atoms with van der Waals surface area (Å²) in [5.41, 5.74) is 4.69. The van der Waals surface area contributed by atoms with E-state index in [2.05, 4.69) is 15.5 Å². The van der Waals surface area contributed by atoms with Crippen LogP contribution in [-0.4, -0.2) is 32.9 Å². The van der Waals surface area contributed by atoms with Gasteiger partial charge in [0.25, 0.3) is 0 Å². The summed E-state index contributed by atoms with van der Waals surface area (Å²) >= 11 is 0. The van der Waals surface area contributed by atoms with Crippen molar-refractivity contribution in [2.45, 2.75) is 6.92 Å². The van der Waals surface area contributed by atoms with E-state index in [1.165, 1.54) is 6.92 Å². The summed E-state index contributed by atoms with van der Waals surface area (Å²) in [5.74, 6) is -0.428. The molecule has 0 aromatic rings. The first kappa shape index (κ1) is 9.21. The molecule has 0 radical (unpaired) electrons. The summed E-state index contributed by atoms with van der Waals surface area (Å²) in [5, 5.41) is 32.4. The lowest BCUT2D eigenvalue weighted by Gasteiger charge is -1.97. The first-order chi connectivity index (χ1) is 5.17. The van der Waals surface area contributed by atoms with Crippen LogP contribution in [0.2, 0.25) is 0 Å². The summed E-state index contributed by atoms with van der Waals surface area (Å²) in [6.45, 7) is 1.33. The van der Waals surface area contributed by atoms with Gasteiger partial charge in [-0.15, -0.1) is 0 Å². The first-order valence-electron chi connectivity index (χ1n) is 2.56. The fourth-order valence-corrected chi connectivity index (χ4v) is 0.404. The molecule has 5 N–H and O–H groups in total. The van der Waals surface area contributed by atoms with E-state index in [1.54, 1.807) is 0 Å². The van der Waals surface area contributed by atoms with Crippen LogP contribution in [0, 0.1) is 0 Å². The van der Waals surface area contributed by atoms with E-state index in [-0.39, 0.29) is 11.4 Å². The van der Waals surface area contributed by atoms with Gasteiger partial charge in [0.15, 0.2) is 11.5 Å². The maximum absolute atomic E-state index is 8.25. The van der Waals surface area contributed by atoms with Crippen molar-refractivity contribution in [2.75, 3.05) is 0 Å². The minimum absolute atomic E-state index is 0.0530. The van der Waals surface area contributed by atoms with Crippen molar-refractivity contribution in [1.82, 2.24) is 0 Å².